The minimum Gasteiger partial charge on any atom is -0.396 e. The number of nitrogens with one attached hydrogen (secondary N) is 1. The smallest absolute Gasteiger partial charge is 0.166 e. The van der Waals surface area contributed by atoms with Crippen molar-refractivity contribution in [2.75, 3.05) is 13.1 Å². The zero-order chi connectivity index (χ0) is 17.9. The van der Waals surface area contributed by atoms with E-state index in [0.717, 1.165) is 12.1 Å². The molecule has 1 aromatic rings. The highest BCUT2D eigenvalue weighted by molar-refractivity contribution is 6.69. The molecule has 3 N–H and O–H groups in total. The van der Waals surface area contributed by atoms with Gasteiger partial charge in [0.1, 0.15) is 16.8 Å². The van der Waals surface area contributed by atoms with Gasteiger partial charge in [0.25, 0.3) is 0 Å². The maximum Gasteiger partial charge on any atom is 0.166 e. The Kier molecular flexibility index (Phi) is 8.61. The summed E-state index contributed by atoms with van der Waals surface area (Å²) in [6.07, 6.45) is 1.07. The number of carbonyl (C=O) groups is 1. The first kappa shape index (κ1) is 19.7. The summed E-state index contributed by atoms with van der Waals surface area (Å²) in [4.78, 5) is 14.8. The van der Waals surface area contributed by atoms with Crippen LogP contribution in [0, 0.1) is 23.0 Å². The lowest BCUT2D eigenvalue weighted by Gasteiger charge is -2.09. The Balaban J connectivity index is 2.83. The molecule has 5 nitrogen and oxygen atoms in total. The summed E-state index contributed by atoms with van der Waals surface area (Å²) in [6.45, 7) is 0.597. The molecule has 1 aromatic carbocycles. The number of nitriles is 1. The number of rotatable bonds is 9. The van der Waals surface area contributed by atoms with Gasteiger partial charge in [-0.05, 0) is 25.1 Å². The molecule has 128 valence electrons. The van der Waals surface area contributed by atoms with Crippen molar-refractivity contribution in [1.29, 1.82) is 5.26 Å². The lowest BCUT2D eigenvalue weighted by Crippen LogP contribution is -2.20. The van der Waals surface area contributed by atoms with E-state index < -0.39 is 11.6 Å². The lowest BCUT2D eigenvalue weighted by atomic mass is 10.1. The van der Waals surface area contributed by atoms with Crippen LogP contribution in [-0.4, -0.2) is 24.5 Å². The number of hydrogen-bond donors (Lipinski definition) is 2. The summed E-state index contributed by atoms with van der Waals surface area (Å²) in [5.41, 5.74) is 5.58. The molecular formula is C16H17ClF2N4O. The summed E-state index contributed by atoms with van der Waals surface area (Å²) in [5.74, 6) is -1.45. The summed E-state index contributed by atoms with van der Waals surface area (Å²) in [6, 6.07) is 5.48. The minimum atomic E-state index is -0.727. The van der Waals surface area contributed by atoms with Crippen LogP contribution in [0.15, 0.2) is 34.5 Å². The van der Waals surface area contributed by atoms with Crippen LogP contribution in [-0.2, 0) is 11.3 Å². The third-order valence-corrected chi connectivity index (χ3v) is 3.48. The Morgan fingerprint density at radius 3 is 2.62 bits per heavy atom. The van der Waals surface area contributed by atoms with Crippen molar-refractivity contribution in [2.45, 2.75) is 19.4 Å². The van der Waals surface area contributed by atoms with Crippen molar-refractivity contribution in [3.63, 3.8) is 0 Å². The molecule has 0 bridgehead atoms. The van der Waals surface area contributed by atoms with Gasteiger partial charge >= 0.3 is 0 Å². The van der Waals surface area contributed by atoms with Gasteiger partial charge in [0.05, 0.1) is 18.3 Å². The molecule has 8 heteroatoms. The number of nitrogens with zero attached hydrogens (tertiary/aromatic N) is 2. The highest BCUT2D eigenvalue weighted by Crippen LogP contribution is 2.16. The van der Waals surface area contributed by atoms with Gasteiger partial charge in [0, 0.05) is 24.1 Å². The van der Waals surface area contributed by atoms with Crippen molar-refractivity contribution in [3.8, 4) is 6.07 Å². The van der Waals surface area contributed by atoms with E-state index in [1.165, 1.54) is 6.07 Å². The van der Waals surface area contributed by atoms with E-state index in [9.17, 15) is 13.6 Å². The number of aliphatic imine (C=N–C) groups is 1. The predicted molar refractivity (Wildman–Crippen MR) is 88.3 cm³/mol. The van der Waals surface area contributed by atoms with Gasteiger partial charge in [-0.3, -0.25) is 9.79 Å². The molecule has 0 unspecified atom stereocenters. The first-order valence-electron chi connectivity index (χ1n) is 7.16. The topological polar surface area (TPSA) is 91.3 Å². The maximum absolute atomic E-state index is 13.6. The number of halogens is 3. The number of aldehydes is 1. The average Bonchev–Trinajstić information content (AvgIpc) is 2.56. The van der Waals surface area contributed by atoms with Gasteiger partial charge in [-0.15, -0.1) is 0 Å². The Morgan fingerprint density at radius 2 is 2.04 bits per heavy atom. The van der Waals surface area contributed by atoms with E-state index in [4.69, 9.17) is 22.6 Å². The number of benzene rings is 1. The fourth-order valence-corrected chi connectivity index (χ4v) is 2.11. The normalized spacial score (nSPS) is 12.5. The molecule has 0 spiro atoms. The molecule has 0 aliphatic rings. The van der Waals surface area contributed by atoms with Crippen LogP contribution in [0.1, 0.15) is 18.4 Å². The Hall–Kier alpha value is -2.30. The summed E-state index contributed by atoms with van der Waals surface area (Å²) >= 11 is 6.04. The lowest BCUT2D eigenvalue weighted by molar-refractivity contribution is -0.105. The predicted octanol–water partition coefficient (Wildman–Crippen LogP) is 2.41. The van der Waals surface area contributed by atoms with Gasteiger partial charge < -0.3 is 11.1 Å². The molecule has 1 rings (SSSR count). The van der Waals surface area contributed by atoms with E-state index in [0.29, 0.717) is 25.8 Å². The maximum atomic E-state index is 13.6. The highest BCUT2D eigenvalue weighted by atomic mass is 35.5. The van der Waals surface area contributed by atoms with Gasteiger partial charge in [0.15, 0.2) is 6.29 Å². The molecule has 0 saturated heterocycles. The van der Waals surface area contributed by atoms with E-state index in [2.05, 4.69) is 10.3 Å². The van der Waals surface area contributed by atoms with Gasteiger partial charge in [-0.2, -0.15) is 5.26 Å². The van der Waals surface area contributed by atoms with Crippen molar-refractivity contribution in [1.82, 2.24) is 5.32 Å². The van der Waals surface area contributed by atoms with Crippen LogP contribution >= 0.6 is 11.6 Å². The van der Waals surface area contributed by atoms with Crippen LogP contribution < -0.4 is 11.1 Å². The molecule has 0 fully saturated rings. The van der Waals surface area contributed by atoms with Crippen LogP contribution in [0.4, 0.5) is 8.78 Å². The Morgan fingerprint density at radius 1 is 1.38 bits per heavy atom. The summed E-state index contributed by atoms with van der Waals surface area (Å²) in [7, 11) is 0. The fraction of sp³-hybridized carbons (Fsp3) is 0.312. The van der Waals surface area contributed by atoms with Crippen LogP contribution in [0.3, 0.4) is 0 Å². The van der Waals surface area contributed by atoms with Crippen molar-refractivity contribution >= 4 is 23.1 Å². The van der Waals surface area contributed by atoms with E-state index in [1.807, 2.05) is 6.07 Å². The number of hydrogen-bond acceptors (Lipinski definition) is 5. The standard InChI is InChI=1S/C16H17ClF2N4O/c17-16(23-9-12-13(18)3-1-4-14(12)19)11(15(21)10-24)5-8-22-7-2-6-20/h1,3-4,10,22H,2,5,7-9,21H2. The van der Waals surface area contributed by atoms with Crippen LogP contribution in [0.5, 0.6) is 0 Å². The minimum absolute atomic E-state index is 0.0793. The van der Waals surface area contributed by atoms with Gasteiger partial charge in [-0.25, -0.2) is 8.78 Å². The zero-order valence-electron chi connectivity index (χ0n) is 12.9. The second-order valence-corrected chi connectivity index (χ2v) is 5.13. The SMILES string of the molecule is N#CCCNCCC(C(Cl)=NCc1c(F)cccc1F)=C(N)C=O. The molecular weight excluding hydrogens is 338 g/mol. The molecule has 0 saturated carbocycles. The van der Waals surface area contributed by atoms with Gasteiger partial charge in [0.2, 0.25) is 0 Å². The summed E-state index contributed by atoms with van der Waals surface area (Å²) in [5, 5.41) is 11.3. The van der Waals surface area contributed by atoms with Crippen molar-refractivity contribution in [3.05, 3.63) is 46.7 Å². The third-order valence-electron chi connectivity index (χ3n) is 3.13. The quantitative estimate of drug-likeness (QED) is 0.308. The zero-order valence-corrected chi connectivity index (χ0v) is 13.6. The van der Waals surface area contributed by atoms with Crippen LogP contribution in [0.25, 0.3) is 0 Å². The monoisotopic (exact) mass is 354 g/mol. The molecule has 0 aliphatic heterocycles. The molecule has 0 aromatic heterocycles. The van der Waals surface area contributed by atoms with Crippen molar-refractivity contribution in [2.24, 2.45) is 10.7 Å². The largest absolute Gasteiger partial charge is 0.396 e. The average molecular weight is 355 g/mol. The number of allylic oxidation sites excluding steroid dienone is 1. The van der Waals surface area contributed by atoms with Crippen LogP contribution in [0.2, 0.25) is 0 Å². The van der Waals surface area contributed by atoms with Crippen molar-refractivity contribution < 1.29 is 13.6 Å². The van der Waals surface area contributed by atoms with E-state index >= 15 is 0 Å². The Bertz CT molecular complexity index is 663. The van der Waals surface area contributed by atoms with E-state index in [-0.39, 0.29) is 35.0 Å². The highest BCUT2D eigenvalue weighted by Gasteiger charge is 2.12. The first-order chi connectivity index (χ1) is 11.5. The second kappa shape index (κ2) is 10.5. The molecule has 0 aliphatic carbocycles. The molecule has 0 radical (unpaired) electrons. The second-order valence-electron chi connectivity index (χ2n) is 4.77. The third kappa shape index (κ3) is 6.07. The molecule has 24 heavy (non-hydrogen) atoms. The Labute approximate surface area is 143 Å². The number of nitrogens with two attached hydrogens (primary N) is 1. The number of carbonyl (C=O) groups excluding carboxylic acids is 1. The molecule has 0 atom stereocenters. The molecule has 0 heterocycles. The fourth-order valence-electron chi connectivity index (χ4n) is 1.85. The molecule has 0 amide bonds. The first-order valence-corrected chi connectivity index (χ1v) is 7.53. The summed E-state index contributed by atoms with van der Waals surface area (Å²) < 4.78 is 27.1. The van der Waals surface area contributed by atoms with Gasteiger partial charge in [-0.1, -0.05) is 17.7 Å². The van der Waals surface area contributed by atoms with E-state index in [1.54, 1.807) is 0 Å².